The van der Waals surface area contributed by atoms with Gasteiger partial charge in [0.25, 0.3) is 5.91 Å². The first-order chi connectivity index (χ1) is 12.9. The number of aliphatic carboxylic acids is 1. The first kappa shape index (κ1) is 18.5. The Kier molecular flexibility index (Phi) is 5.16. The Morgan fingerprint density at radius 3 is 2.44 bits per heavy atom. The molecule has 3 rings (SSSR count). The lowest BCUT2D eigenvalue weighted by atomic mass is 10.1. The van der Waals surface area contributed by atoms with Crippen molar-refractivity contribution in [3.05, 3.63) is 53.1 Å². The van der Waals surface area contributed by atoms with Gasteiger partial charge in [0, 0.05) is 22.8 Å². The van der Waals surface area contributed by atoms with Crippen LogP contribution in [0, 0.1) is 11.6 Å². The van der Waals surface area contributed by atoms with Crippen LogP contribution in [0.25, 0.3) is 11.3 Å². The number of pyridine rings is 1. The number of nitrogens with one attached hydrogen (secondary N) is 1. The smallest absolute Gasteiger partial charge is 0.332 e. The van der Waals surface area contributed by atoms with E-state index >= 15 is 0 Å². The number of amides is 1. The Morgan fingerprint density at radius 1 is 1.15 bits per heavy atom. The predicted octanol–water partition coefficient (Wildman–Crippen LogP) is 3.54. The maximum atomic E-state index is 14.4. The van der Waals surface area contributed by atoms with Crippen molar-refractivity contribution in [1.29, 1.82) is 0 Å². The van der Waals surface area contributed by atoms with Crippen LogP contribution < -0.4 is 10.1 Å². The van der Waals surface area contributed by atoms with Gasteiger partial charge in [-0.1, -0.05) is 6.07 Å². The van der Waals surface area contributed by atoms with E-state index in [2.05, 4.69) is 10.3 Å². The lowest BCUT2D eigenvalue weighted by Gasteiger charge is -2.11. The van der Waals surface area contributed by atoms with E-state index in [9.17, 15) is 18.4 Å². The lowest BCUT2D eigenvalue weighted by molar-refractivity contribution is -0.133. The molecule has 2 aromatic rings. The Morgan fingerprint density at radius 2 is 1.81 bits per heavy atom. The van der Waals surface area contributed by atoms with E-state index < -0.39 is 29.2 Å². The average Bonchev–Trinajstić information content (AvgIpc) is 3.14. The molecule has 27 heavy (non-hydrogen) atoms. The molecule has 8 heteroatoms. The minimum absolute atomic E-state index is 0.0227. The average molecular weight is 374 g/mol. The number of hydrogen-bond acceptors (Lipinski definition) is 4. The minimum Gasteiger partial charge on any atom is -0.481 e. The van der Waals surface area contributed by atoms with Crippen LogP contribution in [0.3, 0.4) is 0 Å². The summed E-state index contributed by atoms with van der Waals surface area (Å²) in [6.45, 7) is 0. The van der Waals surface area contributed by atoms with Gasteiger partial charge in [-0.3, -0.25) is 4.79 Å². The van der Waals surface area contributed by atoms with Crippen molar-refractivity contribution < 1.29 is 28.2 Å². The Balaban J connectivity index is 1.90. The van der Waals surface area contributed by atoms with Crippen molar-refractivity contribution in [2.75, 3.05) is 12.4 Å². The van der Waals surface area contributed by atoms with Crippen molar-refractivity contribution in [1.82, 2.24) is 4.98 Å². The fraction of sp³-hybridized carbons (Fsp3) is 0.211. The number of carbonyl (C=O) groups excluding carboxylic acids is 1. The third kappa shape index (κ3) is 3.79. The van der Waals surface area contributed by atoms with Gasteiger partial charge >= 0.3 is 5.97 Å². The largest absolute Gasteiger partial charge is 0.481 e. The summed E-state index contributed by atoms with van der Waals surface area (Å²) < 4.78 is 33.9. The second-order valence-electron chi connectivity index (χ2n) is 5.95. The number of halogens is 2. The number of nitrogens with zero attached hydrogens (tertiary/aromatic N) is 1. The van der Waals surface area contributed by atoms with Gasteiger partial charge in [0.2, 0.25) is 5.88 Å². The molecule has 1 heterocycles. The molecule has 1 amide bonds. The van der Waals surface area contributed by atoms with Crippen LogP contribution in [-0.4, -0.2) is 29.1 Å². The van der Waals surface area contributed by atoms with Gasteiger partial charge in [-0.15, -0.1) is 0 Å². The monoisotopic (exact) mass is 374 g/mol. The molecule has 6 nitrogen and oxygen atoms in total. The third-order valence-corrected chi connectivity index (χ3v) is 4.26. The molecule has 140 valence electrons. The number of carboxylic acid groups (broad SMARTS) is 1. The summed E-state index contributed by atoms with van der Waals surface area (Å²) in [6.07, 6.45) is 1.02. The predicted molar refractivity (Wildman–Crippen MR) is 93.3 cm³/mol. The molecule has 0 unspecified atom stereocenters. The van der Waals surface area contributed by atoms with Crippen molar-refractivity contribution >= 4 is 17.6 Å². The van der Waals surface area contributed by atoms with Crippen LogP contribution in [0.5, 0.6) is 5.88 Å². The summed E-state index contributed by atoms with van der Waals surface area (Å²) >= 11 is 0. The summed E-state index contributed by atoms with van der Waals surface area (Å²) in [6, 6.07) is 6.88. The number of anilines is 1. The highest BCUT2D eigenvalue weighted by atomic mass is 19.1. The number of aromatic nitrogens is 1. The number of carbonyl (C=O) groups is 2. The topological polar surface area (TPSA) is 88.5 Å². The van der Waals surface area contributed by atoms with E-state index in [1.807, 2.05) is 0 Å². The highest BCUT2D eigenvalue weighted by Crippen LogP contribution is 2.30. The number of hydrogen-bond donors (Lipinski definition) is 2. The standard InChI is InChI=1S/C19H16F2N2O4/c1-27-16-7-3-6-15(22-16)10-8-13(20)17(14(21)9-10)23-18(24)11-4-2-5-12(11)19(25)26/h3,6-9H,2,4-5H2,1H3,(H,23,24)(H,25,26). The molecule has 0 saturated heterocycles. The maximum absolute atomic E-state index is 14.4. The van der Waals surface area contributed by atoms with Crippen LogP contribution in [-0.2, 0) is 9.59 Å². The van der Waals surface area contributed by atoms with E-state index in [4.69, 9.17) is 9.84 Å². The number of methoxy groups -OCH3 is 1. The van der Waals surface area contributed by atoms with Crippen molar-refractivity contribution in [3.63, 3.8) is 0 Å². The zero-order chi connectivity index (χ0) is 19.6. The van der Waals surface area contributed by atoms with Gasteiger partial charge < -0.3 is 15.2 Å². The fourth-order valence-corrected chi connectivity index (χ4v) is 2.95. The first-order valence-corrected chi connectivity index (χ1v) is 8.18. The van der Waals surface area contributed by atoms with E-state index in [0.717, 1.165) is 12.1 Å². The third-order valence-electron chi connectivity index (χ3n) is 4.26. The summed E-state index contributed by atoms with van der Waals surface area (Å²) in [5.41, 5.74) is -0.133. The van der Waals surface area contributed by atoms with Crippen LogP contribution in [0.15, 0.2) is 41.5 Å². The van der Waals surface area contributed by atoms with E-state index in [1.54, 1.807) is 18.2 Å². The molecular weight excluding hydrogens is 358 g/mol. The van der Waals surface area contributed by atoms with Crippen LogP contribution in [0.1, 0.15) is 19.3 Å². The number of ether oxygens (including phenoxy) is 1. The van der Waals surface area contributed by atoms with Crippen molar-refractivity contribution in [2.45, 2.75) is 19.3 Å². The van der Waals surface area contributed by atoms with Gasteiger partial charge in [0.05, 0.1) is 12.8 Å². The van der Waals surface area contributed by atoms with Gasteiger partial charge in [-0.25, -0.2) is 18.6 Å². The van der Waals surface area contributed by atoms with E-state index in [0.29, 0.717) is 18.0 Å². The zero-order valence-electron chi connectivity index (χ0n) is 14.4. The second-order valence-corrected chi connectivity index (χ2v) is 5.95. The van der Waals surface area contributed by atoms with Crippen molar-refractivity contribution in [2.24, 2.45) is 0 Å². The molecule has 0 radical (unpaired) electrons. The Bertz CT molecular complexity index is 933. The van der Waals surface area contributed by atoms with Crippen LogP contribution in [0.4, 0.5) is 14.5 Å². The van der Waals surface area contributed by atoms with Gasteiger partial charge in [0.15, 0.2) is 0 Å². The normalized spacial score (nSPS) is 13.6. The molecule has 0 fully saturated rings. The molecule has 1 aliphatic rings. The fourth-order valence-electron chi connectivity index (χ4n) is 2.95. The molecule has 0 spiro atoms. The molecule has 0 aliphatic heterocycles. The number of carboxylic acids is 1. The summed E-state index contributed by atoms with van der Waals surface area (Å²) in [7, 11) is 1.43. The summed E-state index contributed by atoms with van der Waals surface area (Å²) in [5.74, 6) is -3.69. The minimum atomic E-state index is -1.20. The molecule has 1 aromatic carbocycles. The SMILES string of the molecule is COc1cccc(-c2cc(F)c(NC(=O)C3=C(C(=O)O)CCC3)c(F)c2)n1. The van der Waals surface area contributed by atoms with Crippen LogP contribution in [0.2, 0.25) is 0 Å². The molecule has 0 bridgehead atoms. The molecule has 2 N–H and O–H groups in total. The lowest BCUT2D eigenvalue weighted by Crippen LogP contribution is -2.18. The van der Waals surface area contributed by atoms with Crippen molar-refractivity contribution in [3.8, 4) is 17.1 Å². The Labute approximate surface area is 153 Å². The first-order valence-electron chi connectivity index (χ1n) is 8.18. The Hall–Kier alpha value is -3.29. The van der Waals surface area contributed by atoms with Gasteiger partial charge in [-0.05, 0) is 37.5 Å². The van der Waals surface area contributed by atoms with Crippen LogP contribution >= 0.6 is 0 Å². The zero-order valence-corrected chi connectivity index (χ0v) is 14.4. The molecule has 1 aromatic heterocycles. The van der Waals surface area contributed by atoms with E-state index in [1.165, 1.54) is 7.11 Å². The second kappa shape index (κ2) is 7.53. The number of benzene rings is 1. The summed E-state index contributed by atoms with van der Waals surface area (Å²) in [5, 5.41) is 11.3. The number of rotatable bonds is 5. The van der Waals surface area contributed by atoms with Gasteiger partial charge in [-0.2, -0.15) is 0 Å². The molecule has 0 atom stereocenters. The molecule has 1 aliphatic carbocycles. The van der Waals surface area contributed by atoms with Gasteiger partial charge in [0.1, 0.15) is 17.3 Å². The highest BCUT2D eigenvalue weighted by molar-refractivity contribution is 6.09. The molecular formula is C19H16F2N2O4. The summed E-state index contributed by atoms with van der Waals surface area (Å²) in [4.78, 5) is 27.5. The quantitative estimate of drug-likeness (QED) is 0.836. The highest BCUT2D eigenvalue weighted by Gasteiger charge is 2.26. The van der Waals surface area contributed by atoms with E-state index in [-0.39, 0.29) is 29.6 Å². The molecule has 0 saturated carbocycles. The maximum Gasteiger partial charge on any atom is 0.332 e.